The second kappa shape index (κ2) is 12.5. The van der Waals surface area contributed by atoms with Crippen LogP contribution in [0, 0.1) is 11.8 Å². The van der Waals surface area contributed by atoms with Crippen LogP contribution in [0.2, 0.25) is 0 Å². The third kappa shape index (κ3) is 5.29. The standard InChI is InChI=1S/C31H42N2O6/c1-4-7-8-12-21-38-29(37)25-24-27(35)33(19-13-20-34)26(31(24)17-16-30(25,6-3)39-31)28(36)32(18-5-2)22-23-14-10-9-11-15-23/h4-5,9-11,14-15,24-26,34H,1-2,6-8,12-13,16-22H2,3H3/t24-,25-,26?,30+,31?/m0/s1. The minimum absolute atomic E-state index is 0.112. The predicted molar refractivity (Wildman–Crippen MR) is 147 cm³/mol. The lowest BCUT2D eigenvalue weighted by atomic mass is 9.65. The summed E-state index contributed by atoms with van der Waals surface area (Å²) in [5.41, 5.74) is -0.974. The number of benzene rings is 1. The van der Waals surface area contributed by atoms with Crippen molar-refractivity contribution in [2.75, 3.05) is 26.3 Å². The maximum atomic E-state index is 14.3. The maximum Gasteiger partial charge on any atom is 0.312 e. The summed E-state index contributed by atoms with van der Waals surface area (Å²) in [7, 11) is 0. The van der Waals surface area contributed by atoms with Crippen LogP contribution in [0.15, 0.2) is 55.6 Å². The molecule has 8 heteroatoms. The number of hydrogen-bond acceptors (Lipinski definition) is 6. The van der Waals surface area contributed by atoms with E-state index in [1.54, 1.807) is 15.9 Å². The molecule has 3 saturated heterocycles. The van der Waals surface area contributed by atoms with Crippen LogP contribution in [0.25, 0.3) is 0 Å². The molecular weight excluding hydrogens is 496 g/mol. The van der Waals surface area contributed by atoms with Crippen molar-refractivity contribution in [3.8, 4) is 0 Å². The summed E-state index contributed by atoms with van der Waals surface area (Å²) in [5, 5.41) is 9.58. The van der Waals surface area contributed by atoms with Crippen LogP contribution in [-0.2, 0) is 30.4 Å². The summed E-state index contributed by atoms with van der Waals surface area (Å²) in [6.07, 6.45) is 7.93. The van der Waals surface area contributed by atoms with Gasteiger partial charge in [0, 0.05) is 26.2 Å². The van der Waals surface area contributed by atoms with Crippen LogP contribution in [0.4, 0.5) is 0 Å². The van der Waals surface area contributed by atoms with Crippen molar-refractivity contribution < 1.29 is 29.0 Å². The molecule has 1 aromatic carbocycles. The van der Waals surface area contributed by atoms with Crippen molar-refractivity contribution in [2.24, 2.45) is 11.8 Å². The lowest BCUT2D eigenvalue weighted by Gasteiger charge is -2.37. The number of hydrogen-bond donors (Lipinski definition) is 1. The van der Waals surface area contributed by atoms with E-state index in [0.717, 1.165) is 18.4 Å². The summed E-state index contributed by atoms with van der Waals surface area (Å²) < 4.78 is 12.5. The fraction of sp³-hybridized carbons (Fsp3) is 0.581. The molecule has 0 saturated carbocycles. The number of carbonyl (C=O) groups is 3. The number of nitrogens with zero attached hydrogens (tertiary/aromatic N) is 2. The summed E-state index contributed by atoms with van der Waals surface area (Å²) >= 11 is 0. The molecule has 3 heterocycles. The first kappa shape index (κ1) is 29.0. The summed E-state index contributed by atoms with van der Waals surface area (Å²) in [4.78, 5) is 45.2. The average molecular weight is 539 g/mol. The molecule has 4 rings (SSSR count). The van der Waals surface area contributed by atoms with Gasteiger partial charge in [0.15, 0.2) is 0 Å². The first-order chi connectivity index (χ1) is 18.9. The van der Waals surface area contributed by atoms with E-state index in [0.29, 0.717) is 45.2 Å². The number of aliphatic hydroxyl groups is 1. The number of unbranched alkanes of at least 4 members (excludes halogenated alkanes) is 2. The highest BCUT2D eigenvalue weighted by atomic mass is 16.6. The predicted octanol–water partition coefficient (Wildman–Crippen LogP) is 3.64. The Morgan fingerprint density at radius 3 is 2.62 bits per heavy atom. The van der Waals surface area contributed by atoms with E-state index < -0.39 is 35.0 Å². The Labute approximate surface area is 231 Å². The molecule has 3 aliphatic rings. The monoisotopic (exact) mass is 538 g/mol. The van der Waals surface area contributed by atoms with E-state index in [2.05, 4.69) is 13.2 Å². The van der Waals surface area contributed by atoms with Crippen molar-refractivity contribution in [3.05, 3.63) is 61.2 Å². The van der Waals surface area contributed by atoms with E-state index in [1.165, 1.54) is 0 Å². The van der Waals surface area contributed by atoms with Gasteiger partial charge < -0.3 is 24.4 Å². The van der Waals surface area contributed by atoms with Crippen molar-refractivity contribution in [1.29, 1.82) is 0 Å². The highest BCUT2D eigenvalue weighted by molar-refractivity contribution is 5.98. The molecule has 3 aliphatic heterocycles. The van der Waals surface area contributed by atoms with Crippen LogP contribution in [-0.4, -0.2) is 76.2 Å². The Bertz CT molecular complexity index is 1060. The second-order valence-electron chi connectivity index (χ2n) is 10.9. The first-order valence-electron chi connectivity index (χ1n) is 14.2. The number of esters is 1. The number of fused-ring (bicyclic) bond motifs is 1. The number of carbonyl (C=O) groups excluding carboxylic acids is 3. The topological polar surface area (TPSA) is 96.4 Å². The van der Waals surface area contributed by atoms with E-state index in [4.69, 9.17) is 9.47 Å². The van der Waals surface area contributed by atoms with Gasteiger partial charge in [0.2, 0.25) is 11.8 Å². The molecule has 1 aromatic rings. The Hall–Kier alpha value is -2.97. The smallest absolute Gasteiger partial charge is 0.312 e. The van der Waals surface area contributed by atoms with Gasteiger partial charge in [-0.25, -0.2) is 0 Å². The summed E-state index contributed by atoms with van der Waals surface area (Å²) in [6.45, 7) is 10.6. The highest BCUT2D eigenvalue weighted by Crippen LogP contribution is 2.64. The Kier molecular flexibility index (Phi) is 9.28. The molecule has 39 heavy (non-hydrogen) atoms. The van der Waals surface area contributed by atoms with E-state index in [-0.39, 0.29) is 31.6 Å². The van der Waals surface area contributed by atoms with E-state index >= 15 is 0 Å². The lowest BCUT2D eigenvalue weighted by Crippen LogP contribution is -2.56. The molecule has 0 aromatic heterocycles. The zero-order valence-electron chi connectivity index (χ0n) is 23.1. The van der Waals surface area contributed by atoms with Gasteiger partial charge in [-0.1, -0.05) is 49.4 Å². The van der Waals surface area contributed by atoms with Crippen LogP contribution >= 0.6 is 0 Å². The molecule has 2 unspecified atom stereocenters. The molecular formula is C31H42N2O6. The number of likely N-dealkylation sites (tertiary alicyclic amines) is 1. The molecule has 212 valence electrons. The average Bonchev–Trinajstić information content (AvgIpc) is 3.55. The minimum atomic E-state index is -1.11. The van der Waals surface area contributed by atoms with Gasteiger partial charge in [-0.2, -0.15) is 0 Å². The number of amides is 2. The fourth-order valence-electron chi connectivity index (χ4n) is 6.86. The second-order valence-corrected chi connectivity index (χ2v) is 10.9. The number of aliphatic hydroxyl groups excluding tert-OH is 1. The Morgan fingerprint density at radius 2 is 1.95 bits per heavy atom. The molecule has 2 bridgehead atoms. The largest absolute Gasteiger partial charge is 0.465 e. The van der Waals surface area contributed by atoms with Gasteiger partial charge in [-0.05, 0) is 50.5 Å². The molecule has 1 N–H and O–H groups in total. The van der Waals surface area contributed by atoms with Crippen molar-refractivity contribution in [1.82, 2.24) is 9.80 Å². The van der Waals surface area contributed by atoms with Crippen LogP contribution < -0.4 is 0 Å². The van der Waals surface area contributed by atoms with Gasteiger partial charge in [0.25, 0.3) is 0 Å². The highest BCUT2D eigenvalue weighted by Gasteiger charge is 2.79. The summed E-state index contributed by atoms with van der Waals surface area (Å²) in [6, 6.07) is 8.80. The van der Waals surface area contributed by atoms with Crippen LogP contribution in [0.1, 0.15) is 57.4 Å². The normalized spacial score (nSPS) is 28.8. The number of ether oxygens (including phenoxy) is 2. The van der Waals surface area contributed by atoms with E-state index in [9.17, 15) is 19.5 Å². The maximum absolute atomic E-state index is 14.3. The molecule has 2 amide bonds. The third-order valence-corrected chi connectivity index (χ3v) is 8.65. The van der Waals surface area contributed by atoms with Crippen molar-refractivity contribution in [3.63, 3.8) is 0 Å². The zero-order chi connectivity index (χ0) is 28.0. The summed E-state index contributed by atoms with van der Waals surface area (Å²) in [5.74, 6) is -2.46. The number of allylic oxidation sites excluding steroid dienone is 1. The Balaban J connectivity index is 1.67. The van der Waals surface area contributed by atoms with Gasteiger partial charge in [-0.3, -0.25) is 14.4 Å². The van der Waals surface area contributed by atoms with Gasteiger partial charge in [-0.15, -0.1) is 13.2 Å². The molecule has 1 spiro atoms. The van der Waals surface area contributed by atoms with Gasteiger partial charge in [0.05, 0.1) is 18.1 Å². The third-order valence-electron chi connectivity index (χ3n) is 8.65. The van der Waals surface area contributed by atoms with Crippen molar-refractivity contribution in [2.45, 2.75) is 75.7 Å². The van der Waals surface area contributed by atoms with Crippen molar-refractivity contribution >= 4 is 17.8 Å². The Morgan fingerprint density at radius 1 is 1.18 bits per heavy atom. The molecule has 0 radical (unpaired) electrons. The van der Waals surface area contributed by atoms with Gasteiger partial charge >= 0.3 is 5.97 Å². The first-order valence-corrected chi connectivity index (χ1v) is 14.2. The van der Waals surface area contributed by atoms with Gasteiger partial charge in [0.1, 0.15) is 17.6 Å². The van der Waals surface area contributed by atoms with Crippen LogP contribution in [0.5, 0.6) is 0 Å². The SMILES string of the molecule is C=CCCCCOC(=O)[C@@H]1[C@H]2C(=O)N(CCCO)C(C(=O)N(CC=C)Cc3ccccc3)C23CC[C@@]1(CC)O3. The van der Waals surface area contributed by atoms with E-state index in [1.807, 2.05) is 43.3 Å². The molecule has 0 aliphatic carbocycles. The lowest BCUT2D eigenvalue weighted by molar-refractivity contribution is -0.162. The number of rotatable bonds is 15. The molecule has 8 nitrogen and oxygen atoms in total. The quantitative estimate of drug-likeness (QED) is 0.208. The minimum Gasteiger partial charge on any atom is -0.465 e. The zero-order valence-corrected chi connectivity index (χ0v) is 23.1. The fourth-order valence-corrected chi connectivity index (χ4v) is 6.86. The van der Waals surface area contributed by atoms with Crippen LogP contribution in [0.3, 0.4) is 0 Å². The molecule has 3 fully saturated rings. The molecule has 5 atom stereocenters.